The highest BCUT2D eigenvalue weighted by Crippen LogP contribution is 2.36. The molecule has 0 unspecified atom stereocenters. The minimum absolute atomic E-state index is 0.284. The maximum Gasteiger partial charge on any atom is 0.120 e. The van der Waals surface area contributed by atoms with Crippen LogP contribution in [0.1, 0.15) is 5.56 Å². The molecule has 22 heavy (non-hydrogen) atoms. The highest BCUT2D eigenvalue weighted by atomic mass is 16.5. The van der Waals surface area contributed by atoms with Crippen LogP contribution in [0.3, 0.4) is 0 Å². The highest BCUT2D eigenvalue weighted by Gasteiger charge is 2.53. The van der Waals surface area contributed by atoms with Crippen LogP contribution in [-0.2, 0) is 11.3 Å². The number of phenols is 1. The summed E-state index contributed by atoms with van der Waals surface area (Å²) >= 11 is 0. The van der Waals surface area contributed by atoms with Gasteiger partial charge in [-0.05, 0) is 13.1 Å². The quantitative estimate of drug-likeness (QED) is 0.866. The number of morpholine rings is 1. The number of hydrogen-bond acceptors (Lipinski definition) is 5. The molecule has 3 aliphatic rings. The number of benzene rings is 1. The summed E-state index contributed by atoms with van der Waals surface area (Å²) in [5.74, 6) is 0.411. The molecule has 4 rings (SSSR count). The lowest BCUT2D eigenvalue weighted by Gasteiger charge is -2.63. The van der Waals surface area contributed by atoms with Gasteiger partial charge in [-0.15, -0.1) is 0 Å². The van der Waals surface area contributed by atoms with Gasteiger partial charge in [-0.25, -0.2) is 0 Å². The molecule has 1 aromatic carbocycles. The molecular formula is C17H25N3O2. The molecule has 3 heterocycles. The van der Waals surface area contributed by atoms with E-state index in [9.17, 15) is 5.11 Å². The molecule has 3 fully saturated rings. The van der Waals surface area contributed by atoms with Gasteiger partial charge in [0, 0.05) is 50.9 Å². The van der Waals surface area contributed by atoms with E-state index in [2.05, 4.69) is 21.7 Å². The maximum atomic E-state index is 9.95. The summed E-state index contributed by atoms with van der Waals surface area (Å²) in [7, 11) is 2.22. The molecule has 1 N–H and O–H groups in total. The number of fused-ring (bicyclic) bond motifs is 2. The van der Waals surface area contributed by atoms with Crippen molar-refractivity contribution in [3.05, 3.63) is 29.8 Å². The third-order valence-corrected chi connectivity index (χ3v) is 5.34. The van der Waals surface area contributed by atoms with E-state index in [0.717, 1.165) is 58.0 Å². The molecule has 0 saturated carbocycles. The molecule has 120 valence electrons. The van der Waals surface area contributed by atoms with Gasteiger partial charge in [0.05, 0.1) is 18.8 Å². The summed E-state index contributed by atoms with van der Waals surface area (Å²) < 4.78 is 5.67. The number of likely N-dealkylation sites (tertiary alicyclic amines) is 1. The van der Waals surface area contributed by atoms with Crippen molar-refractivity contribution in [3.8, 4) is 5.75 Å². The summed E-state index contributed by atoms with van der Waals surface area (Å²) in [6.07, 6.45) is 0. The number of ether oxygens (including phenoxy) is 1. The predicted octanol–water partition coefficient (Wildman–Crippen LogP) is 0.593. The summed E-state index contributed by atoms with van der Waals surface area (Å²) in [5, 5.41) is 9.95. The van der Waals surface area contributed by atoms with E-state index in [1.807, 2.05) is 18.2 Å². The fourth-order valence-electron chi connectivity index (χ4n) is 4.51. The van der Waals surface area contributed by atoms with Gasteiger partial charge in [-0.1, -0.05) is 18.2 Å². The fraction of sp³-hybridized carbons (Fsp3) is 0.647. The van der Waals surface area contributed by atoms with E-state index >= 15 is 0 Å². The topological polar surface area (TPSA) is 39.2 Å². The van der Waals surface area contributed by atoms with Crippen molar-refractivity contribution in [1.29, 1.82) is 0 Å². The van der Waals surface area contributed by atoms with E-state index in [0.29, 0.717) is 11.8 Å². The zero-order valence-electron chi connectivity index (χ0n) is 13.2. The number of hydrogen-bond donors (Lipinski definition) is 1. The largest absolute Gasteiger partial charge is 0.508 e. The van der Waals surface area contributed by atoms with Crippen molar-refractivity contribution in [1.82, 2.24) is 14.7 Å². The summed E-state index contributed by atoms with van der Waals surface area (Å²) in [4.78, 5) is 7.59. The van der Waals surface area contributed by atoms with Crippen LogP contribution in [0.2, 0.25) is 0 Å². The second kappa shape index (κ2) is 5.49. The van der Waals surface area contributed by atoms with E-state index in [-0.39, 0.29) is 5.54 Å². The van der Waals surface area contributed by atoms with Crippen molar-refractivity contribution in [2.24, 2.45) is 0 Å². The number of likely N-dealkylation sites (N-methyl/N-ethyl adjacent to an activating group) is 1. The molecule has 0 aromatic heterocycles. The third kappa shape index (κ3) is 2.42. The van der Waals surface area contributed by atoms with E-state index in [4.69, 9.17) is 4.74 Å². The SMILES string of the molecule is CN1C[C@@H]2COCCN2C2(C1)CN(Cc1ccccc1O)C2. The van der Waals surface area contributed by atoms with E-state index in [1.165, 1.54) is 0 Å². The Labute approximate surface area is 132 Å². The first-order valence-electron chi connectivity index (χ1n) is 8.19. The van der Waals surface area contributed by atoms with Gasteiger partial charge in [0.15, 0.2) is 0 Å². The number of aromatic hydroxyl groups is 1. The number of piperazine rings is 1. The third-order valence-electron chi connectivity index (χ3n) is 5.34. The number of rotatable bonds is 2. The molecule has 0 amide bonds. The molecule has 3 saturated heterocycles. The van der Waals surface area contributed by atoms with Crippen molar-refractivity contribution in [2.75, 3.05) is 53.0 Å². The lowest BCUT2D eigenvalue weighted by molar-refractivity contribution is -0.163. The van der Waals surface area contributed by atoms with Crippen LogP contribution in [0, 0.1) is 0 Å². The van der Waals surface area contributed by atoms with Gasteiger partial charge in [-0.2, -0.15) is 0 Å². The number of para-hydroxylation sites is 1. The first-order valence-corrected chi connectivity index (χ1v) is 8.19. The molecule has 1 aromatic rings. The van der Waals surface area contributed by atoms with Gasteiger partial charge in [0.1, 0.15) is 5.75 Å². The van der Waals surface area contributed by atoms with Crippen LogP contribution < -0.4 is 0 Å². The minimum Gasteiger partial charge on any atom is -0.508 e. The predicted molar refractivity (Wildman–Crippen MR) is 84.9 cm³/mol. The minimum atomic E-state index is 0.284. The molecule has 1 atom stereocenters. The van der Waals surface area contributed by atoms with Gasteiger partial charge < -0.3 is 14.7 Å². The lowest BCUT2D eigenvalue weighted by atomic mass is 9.82. The Hall–Kier alpha value is -1.14. The molecule has 0 aliphatic carbocycles. The van der Waals surface area contributed by atoms with Crippen LogP contribution in [0.25, 0.3) is 0 Å². The molecule has 5 nitrogen and oxygen atoms in total. The lowest BCUT2D eigenvalue weighted by Crippen LogP contribution is -2.80. The van der Waals surface area contributed by atoms with E-state index < -0.39 is 0 Å². The van der Waals surface area contributed by atoms with Gasteiger partial charge >= 0.3 is 0 Å². The number of nitrogens with zero attached hydrogens (tertiary/aromatic N) is 3. The van der Waals surface area contributed by atoms with Crippen LogP contribution in [0.5, 0.6) is 5.75 Å². The zero-order chi connectivity index (χ0) is 15.2. The van der Waals surface area contributed by atoms with Crippen LogP contribution in [0.4, 0.5) is 0 Å². The molecular weight excluding hydrogens is 278 g/mol. The van der Waals surface area contributed by atoms with Crippen molar-refractivity contribution >= 4 is 0 Å². The Bertz CT molecular complexity index is 544. The second-order valence-electron chi connectivity index (χ2n) is 7.12. The molecule has 5 heteroatoms. The van der Waals surface area contributed by atoms with Crippen LogP contribution in [0.15, 0.2) is 24.3 Å². The van der Waals surface area contributed by atoms with Gasteiger partial charge in [0.25, 0.3) is 0 Å². The summed E-state index contributed by atoms with van der Waals surface area (Å²) in [6, 6.07) is 8.21. The summed E-state index contributed by atoms with van der Waals surface area (Å²) in [5.41, 5.74) is 1.31. The Morgan fingerprint density at radius 2 is 2.09 bits per heavy atom. The molecule has 3 aliphatic heterocycles. The smallest absolute Gasteiger partial charge is 0.120 e. The van der Waals surface area contributed by atoms with E-state index in [1.54, 1.807) is 6.07 Å². The normalized spacial score (nSPS) is 29.2. The van der Waals surface area contributed by atoms with Crippen molar-refractivity contribution in [3.63, 3.8) is 0 Å². The zero-order valence-corrected chi connectivity index (χ0v) is 13.2. The van der Waals surface area contributed by atoms with Crippen LogP contribution >= 0.6 is 0 Å². The molecule has 0 bridgehead atoms. The standard InChI is InChI=1S/C17H25N3O2/c1-18-9-15-10-22-7-6-20(15)17(11-18)12-19(13-17)8-14-4-2-3-5-16(14)21/h2-5,15,21H,6-13H2,1H3/t15-/m1/s1. The Morgan fingerprint density at radius 3 is 2.91 bits per heavy atom. The summed E-state index contributed by atoms with van der Waals surface area (Å²) in [6.45, 7) is 8.05. The van der Waals surface area contributed by atoms with Gasteiger partial charge in [0.2, 0.25) is 0 Å². The molecule has 1 spiro atoms. The first kappa shape index (κ1) is 14.5. The monoisotopic (exact) mass is 303 g/mol. The van der Waals surface area contributed by atoms with Crippen molar-refractivity contribution in [2.45, 2.75) is 18.1 Å². The number of phenolic OH excluding ortho intramolecular Hbond substituents is 1. The Morgan fingerprint density at radius 1 is 1.27 bits per heavy atom. The highest BCUT2D eigenvalue weighted by molar-refractivity contribution is 5.32. The van der Waals surface area contributed by atoms with Crippen LogP contribution in [-0.4, -0.2) is 84.4 Å². The van der Waals surface area contributed by atoms with Gasteiger partial charge in [-0.3, -0.25) is 9.80 Å². The Kier molecular flexibility index (Phi) is 3.61. The maximum absolute atomic E-state index is 9.95. The average molecular weight is 303 g/mol. The first-order chi connectivity index (χ1) is 10.7. The molecule has 0 radical (unpaired) electrons. The Balaban J connectivity index is 1.45. The average Bonchev–Trinajstić information content (AvgIpc) is 2.47. The van der Waals surface area contributed by atoms with Crippen molar-refractivity contribution < 1.29 is 9.84 Å². The second-order valence-corrected chi connectivity index (χ2v) is 7.12. The fourth-order valence-corrected chi connectivity index (χ4v) is 4.51.